The summed E-state index contributed by atoms with van der Waals surface area (Å²) in [5, 5.41) is 11.0. The minimum Gasteiger partial charge on any atom is -0.481 e. The lowest BCUT2D eigenvalue weighted by molar-refractivity contribution is -0.139. The van der Waals surface area contributed by atoms with Crippen molar-refractivity contribution < 1.29 is 9.90 Å². The molecule has 2 atom stereocenters. The average Bonchev–Trinajstić information content (AvgIpc) is 2.42. The van der Waals surface area contributed by atoms with Crippen molar-refractivity contribution in [3.63, 3.8) is 0 Å². The molecule has 1 heterocycles. The quantitative estimate of drug-likeness (QED) is 0.898. The molecule has 0 radical (unpaired) electrons. The second-order valence-electron chi connectivity index (χ2n) is 4.25. The van der Waals surface area contributed by atoms with Crippen LogP contribution in [0.4, 0.5) is 0 Å². The predicted octanol–water partition coefficient (Wildman–Crippen LogP) is 3.33. The Morgan fingerprint density at radius 1 is 1.64 bits per heavy atom. The molecule has 0 saturated heterocycles. The van der Waals surface area contributed by atoms with Gasteiger partial charge in [0, 0.05) is 15.3 Å². The van der Waals surface area contributed by atoms with Crippen LogP contribution in [0.1, 0.15) is 24.6 Å². The molecule has 76 valence electrons. The van der Waals surface area contributed by atoms with Crippen LogP contribution in [-0.4, -0.2) is 11.1 Å². The molecule has 0 aromatic carbocycles. The number of halogens is 1. The molecule has 1 saturated carbocycles. The summed E-state index contributed by atoms with van der Waals surface area (Å²) in [5.74, 6) is -0.730. The Hall–Kier alpha value is -0.350. The molecule has 2 unspecified atom stereocenters. The lowest BCUT2D eigenvalue weighted by Gasteiger charge is -1.99. The van der Waals surface area contributed by atoms with Crippen molar-refractivity contribution >= 4 is 33.2 Å². The zero-order valence-electron chi connectivity index (χ0n) is 7.95. The first kappa shape index (κ1) is 10.2. The maximum absolute atomic E-state index is 11.0. The van der Waals surface area contributed by atoms with Crippen LogP contribution in [-0.2, 0) is 4.79 Å². The highest BCUT2D eigenvalue weighted by molar-refractivity contribution is 9.10. The molecule has 0 bridgehead atoms. The first-order valence-electron chi connectivity index (χ1n) is 4.42. The Balaban J connectivity index is 2.32. The summed E-state index contributed by atoms with van der Waals surface area (Å²) in [6.07, 6.45) is 0. The van der Waals surface area contributed by atoms with Crippen LogP contribution in [0.2, 0.25) is 0 Å². The van der Waals surface area contributed by atoms with Gasteiger partial charge < -0.3 is 5.11 Å². The van der Waals surface area contributed by atoms with Crippen molar-refractivity contribution in [2.45, 2.75) is 19.8 Å². The van der Waals surface area contributed by atoms with E-state index in [1.807, 2.05) is 25.3 Å². The maximum Gasteiger partial charge on any atom is 0.307 e. The minimum absolute atomic E-state index is 0.0980. The molecule has 14 heavy (non-hydrogen) atoms. The van der Waals surface area contributed by atoms with Crippen LogP contribution in [0.25, 0.3) is 0 Å². The van der Waals surface area contributed by atoms with E-state index < -0.39 is 5.97 Å². The van der Waals surface area contributed by atoms with E-state index in [0.717, 1.165) is 4.47 Å². The van der Waals surface area contributed by atoms with Gasteiger partial charge in [0.25, 0.3) is 0 Å². The molecule has 0 aliphatic heterocycles. The van der Waals surface area contributed by atoms with Gasteiger partial charge in [-0.2, -0.15) is 0 Å². The lowest BCUT2D eigenvalue weighted by atomic mass is 10.1. The van der Waals surface area contributed by atoms with Gasteiger partial charge >= 0.3 is 5.97 Å². The molecule has 2 nitrogen and oxygen atoms in total. The summed E-state index contributed by atoms with van der Waals surface area (Å²) in [5.41, 5.74) is -0.0980. The summed E-state index contributed by atoms with van der Waals surface area (Å²) in [4.78, 5) is 12.2. The minimum atomic E-state index is -0.680. The van der Waals surface area contributed by atoms with Crippen molar-refractivity contribution in [2.75, 3.05) is 0 Å². The molecule has 1 aliphatic carbocycles. The Bertz CT molecular complexity index is 383. The van der Waals surface area contributed by atoms with Crippen molar-refractivity contribution in [2.24, 2.45) is 11.3 Å². The summed E-state index contributed by atoms with van der Waals surface area (Å²) >= 11 is 5.09. The second kappa shape index (κ2) is 3.07. The first-order valence-corrected chi connectivity index (χ1v) is 6.09. The third-order valence-electron chi connectivity index (χ3n) is 3.02. The zero-order valence-corrected chi connectivity index (χ0v) is 10.4. The molecule has 1 N–H and O–H groups in total. The van der Waals surface area contributed by atoms with E-state index in [1.165, 1.54) is 4.88 Å². The monoisotopic (exact) mass is 274 g/mol. The fraction of sp³-hybridized carbons (Fsp3) is 0.500. The van der Waals surface area contributed by atoms with E-state index in [0.29, 0.717) is 0 Å². The van der Waals surface area contributed by atoms with E-state index in [1.54, 1.807) is 11.3 Å². The number of thiophene rings is 1. The Kier molecular flexibility index (Phi) is 2.23. The highest BCUT2D eigenvalue weighted by Crippen LogP contribution is 2.66. The molecule has 1 aromatic rings. The SMILES string of the molecule is CC1(C)C(C(=O)O)C1c1sccc1Br. The van der Waals surface area contributed by atoms with E-state index >= 15 is 0 Å². The molecule has 0 spiro atoms. The molecule has 1 aromatic heterocycles. The van der Waals surface area contributed by atoms with E-state index in [4.69, 9.17) is 5.11 Å². The summed E-state index contributed by atoms with van der Waals surface area (Å²) in [6, 6.07) is 1.98. The summed E-state index contributed by atoms with van der Waals surface area (Å²) in [7, 11) is 0. The van der Waals surface area contributed by atoms with Crippen LogP contribution < -0.4 is 0 Å². The predicted molar refractivity (Wildman–Crippen MR) is 59.7 cm³/mol. The van der Waals surface area contributed by atoms with Gasteiger partial charge in [0.1, 0.15) is 0 Å². The molecular weight excluding hydrogens is 264 g/mol. The van der Waals surface area contributed by atoms with Gasteiger partial charge in [-0.15, -0.1) is 11.3 Å². The van der Waals surface area contributed by atoms with Gasteiger partial charge in [0.05, 0.1) is 5.92 Å². The number of rotatable bonds is 2. The van der Waals surface area contributed by atoms with Gasteiger partial charge in [0.2, 0.25) is 0 Å². The van der Waals surface area contributed by atoms with Gasteiger partial charge in [-0.3, -0.25) is 4.79 Å². The number of aliphatic carboxylic acids is 1. The van der Waals surface area contributed by atoms with Crippen LogP contribution in [0, 0.1) is 11.3 Å². The number of carboxylic acids is 1. The maximum atomic E-state index is 11.0. The van der Waals surface area contributed by atoms with Crippen LogP contribution in [0.3, 0.4) is 0 Å². The Labute approximate surface area is 95.1 Å². The highest BCUT2D eigenvalue weighted by Gasteiger charge is 2.63. The molecule has 1 aliphatic rings. The summed E-state index contributed by atoms with van der Waals surface area (Å²) in [6.45, 7) is 4.03. The molecule has 4 heteroatoms. The third kappa shape index (κ3) is 1.32. The van der Waals surface area contributed by atoms with E-state index in [9.17, 15) is 4.79 Å². The van der Waals surface area contributed by atoms with E-state index in [-0.39, 0.29) is 17.3 Å². The smallest absolute Gasteiger partial charge is 0.307 e. The Morgan fingerprint density at radius 3 is 2.64 bits per heavy atom. The topological polar surface area (TPSA) is 37.3 Å². The number of carboxylic acid groups (broad SMARTS) is 1. The zero-order chi connectivity index (χ0) is 10.5. The number of carbonyl (C=O) groups is 1. The third-order valence-corrected chi connectivity index (χ3v) is 4.97. The van der Waals surface area contributed by atoms with Gasteiger partial charge in [-0.25, -0.2) is 0 Å². The lowest BCUT2D eigenvalue weighted by Crippen LogP contribution is -2.02. The largest absolute Gasteiger partial charge is 0.481 e. The van der Waals surface area contributed by atoms with Crippen LogP contribution in [0.15, 0.2) is 15.9 Å². The van der Waals surface area contributed by atoms with Crippen molar-refractivity contribution in [3.8, 4) is 0 Å². The first-order chi connectivity index (χ1) is 6.46. The number of hydrogen-bond donors (Lipinski definition) is 1. The molecular formula is C10H11BrO2S. The van der Waals surface area contributed by atoms with Crippen molar-refractivity contribution in [1.82, 2.24) is 0 Å². The highest BCUT2D eigenvalue weighted by atomic mass is 79.9. The van der Waals surface area contributed by atoms with E-state index in [2.05, 4.69) is 15.9 Å². The molecule has 0 amide bonds. The van der Waals surface area contributed by atoms with Gasteiger partial charge in [-0.1, -0.05) is 13.8 Å². The van der Waals surface area contributed by atoms with Crippen LogP contribution >= 0.6 is 27.3 Å². The molecule has 2 rings (SSSR count). The van der Waals surface area contributed by atoms with Crippen molar-refractivity contribution in [3.05, 3.63) is 20.8 Å². The van der Waals surface area contributed by atoms with Gasteiger partial charge in [-0.05, 0) is 32.8 Å². The number of hydrogen-bond acceptors (Lipinski definition) is 2. The fourth-order valence-corrected chi connectivity index (χ4v) is 4.07. The van der Waals surface area contributed by atoms with Crippen molar-refractivity contribution in [1.29, 1.82) is 0 Å². The Morgan fingerprint density at radius 2 is 2.29 bits per heavy atom. The standard InChI is InChI=1S/C10H11BrO2S/c1-10(2)6(7(10)9(12)13)8-5(11)3-4-14-8/h3-4,6-7H,1-2H3,(H,12,13). The van der Waals surface area contributed by atoms with Crippen LogP contribution in [0.5, 0.6) is 0 Å². The van der Waals surface area contributed by atoms with Gasteiger partial charge in [0.15, 0.2) is 0 Å². The summed E-state index contributed by atoms with van der Waals surface area (Å²) < 4.78 is 1.05. The fourth-order valence-electron chi connectivity index (χ4n) is 2.12. The second-order valence-corrected chi connectivity index (χ2v) is 6.05. The average molecular weight is 275 g/mol. The molecule has 1 fully saturated rings. The normalized spacial score (nSPS) is 28.8.